The lowest BCUT2D eigenvalue weighted by atomic mass is 10.2. The third kappa shape index (κ3) is 4.14. The van der Waals surface area contributed by atoms with Crippen molar-refractivity contribution in [3.8, 4) is 11.4 Å². The largest absolute Gasteiger partial charge is 0.468 e. The van der Waals surface area contributed by atoms with Gasteiger partial charge in [-0.25, -0.2) is 4.98 Å². The summed E-state index contributed by atoms with van der Waals surface area (Å²) in [5.41, 5.74) is 0.554. The van der Waals surface area contributed by atoms with Crippen molar-refractivity contribution in [2.24, 2.45) is 0 Å². The fourth-order valence-electron chi connectivity index (χ4n) is 2.57. The van der Waals surface area contributed by atoms with Gasteiger partial charge >= 0.3 is 12.6 Å². The fourth-order valence-corrected chi connectivity index (χ4v) is 3.52. The summed E-state index contributed by atoms with van der Waals surface area (Å²) in [6, 6.07) is 12.4. The Kier molecular flexibility index (Phi) is 5.93. The molecule has 1 heterocycles. The molecule has 1 unspecified atom stereocenters. The van der Waals surface area contributed by atoms with Crippen molar-refractivity contribution in [1.82, 2.24) is 9.55 Å². The van der Waals surface area contributed by atoms with Gasteiger partial charge in [0.25, 0.3) is 5.56 Å². The van der Waals surface area contributed by atoms with Crippen molar-refractivity contribution in [1.29, 1.82) is 0 Å². The lowest BCUT2D eigenvalue weighted by molar-refractivity contribution is -0.139. The molecular formula is C19H16F2N2O4S. The number of nitrogens with zero attached hydrogens (tertiary/aromatic N) is 2. The molecule has 0 amide bonds. The Hall–Kier alpha value is -2.94. The zero-order valence-corrected chi connectivity index (χ0v) is 15.8. The van der Waals surface area contributed by atoms with Crippen LogP contribution in [0.25, 0.3) is 16.6 Å². The molecule has 1 aromatic heterocycles. The average molecular weight is 406 g/mol. The van der Waals surface area contributed by atoms with Crippen molar-refractivity contribution < 1.29 is 23.0 Å². The molecule has 9 heteroatoms. The van der Waals surface area contributed by atoms with Crippen LogP contribution in [0.5, 0.6) is 5.75 Å². The van der Waals surface area contributed by atoms with E-state index in [9.17, 15) is 18.4 Å². The highest BCUT2D eigenvalue weighted by atomic mass is 32.2. The molecular weight excluding hydrogens is 390 g/mol. The molecule has 3 rings (SSSR count). The highest BCUT2D eigenvalue weighted by Gasteiger charge is 2.20. The molecule has 6 nitrogen and oxygen atoms in total. The molecule has 0 saturated heterocycles. The fraction of sp³-hybridized carbons (Fsp3) is 0.211. The number of benzene rings is 2. The number of aromatic nitrogens is 2. The van der Waals surface area contributed by atoms with E-state index >= 15 is 0 Å². The Morgan fingerprint density at radius 3 is 2.46 bits per heavy atom. The molecule has 0 N–H and O–H groups in total. The molecule has 0 aliphatic heterocycles. The maximum atomic E-state index is 13.1. The summed E-state index contributed by atoms with van der Waals surface area (Å²) < 4.78 is 35.1. The molecule has 0 aliphatic carbocycles. The van der Waals surface area contributed by atoms with E-state index in [-0.39, 0.29) is 16.5 Å². The maximum absolute atomic E-state index is 13.1. The van der Waals surface area contributed by atoms with Crippen LogP contribution in [-0.4, -0.2) is 34.5 Å². The summed E-state index contributed by atoms with van der Waals surface area (Å²) >= 11 is 1.07. The van der Waals surface area contributed by atoms with Gasteiger partial charge < -0.3 is 9.47 Å². The van der Waals surface area contributed by atoms with Crippen molar-refractivity contribution in [2.75, 3.05) is 7.11 Å². The van der Waals surface area contributed by atoms with Crippen molar-refractivity contribution in [3.05, 3.63) is 58.9 Å². The standard InChI is InChI=1S/C19H16F2N2O4S/c1-11(17(25)26-2)28-19-22-15-6-4-3-5-14(15)16(24)23(19)12-7-9-13(10-8-12)27-18(20)21/h3-11,18H,1-2H3. The van der Waals surface area contributed by atoms with Gasteiger partial charge in [0.2, 0.25) is 0 Å². The first-order valence-corrected chi connectivity index (χ1v) is 9.10. The van der Waals surface area contributed by atoms with E-state index in [1.807, 2.05) is 0 Å². The van der Waals surface area contributed by atoms with Crippen LogP contribution in [-0.2, 0) is 9.53 Å². The van der Waals surface area contributed by atoms with Gasteiger partial charge in [0.1, 0.15) is 11.0 Å². The Morgan fingerprint density at radius 2 is 1.82 bits per heavy atom. The summed E-state index contributed by atoms with van der Waals surface area (Å²) in [6.07, 6.45) is 0. The number of hydrogen-bond donors (Lipinski definition) is 0. The zero-order valence-electron chi connectivity index (χ0n) is 15.0. The molecule has 0 fully saturated rings. The number of alkyl halides is 2. The average Bonchev–Trinajstić information content (AvgIpc) is 2.68. The molecule has 28 heavy (non-hydrogen) atoms. The van der Waals surface area contributed by atoms with E-state index < -0.39 is 17.8 Å². The molecule has 0 radical (unpaired) electrons. The predicted octanol–water partition coefficient (Wildman–Crippen LogP) is 3.64. The third-order valence-electron chi connectivity index (χ3n) is 3.88. The highest BCUT2D eigenvalue weighted by Crippen LogP contribution is 2.26. The first-order chi connectivity index (χ1) is 13.4. The predicted molar refractivity (Wildman–Crippen MR) is 101 cm³/mol. The number of esters is 1. The Balaban J connectivity index is 2.13. The smallest absolute Gasteiger partial charge is 0.387 e. The summed E-state index contributed by atoms with van der Waals surface area (Å²) in [5, 5.41) is 0.0698. The number of hydrogen-bond acceptors (Lipinski definition) is 6. The van der Waals surface area contributed by atoms with Gasteiger partial charge in [0.15, 0.2) is 5.16 Å². The second kappa shape index (κ2) is 8.39. The number of halogens is 2. The van der Waals surface area contributed by atoms with Gasteiger partial charge in [-0.05, 0) is 43.3 Å². The summed E-state index contributed by atoms with van der Waals surface area (Å²) in [5.74, 6) is -0.489. The van der Waals surface area contributed by atoms with E-state index in [4.69, 9.17) is 4.74 Å². The quantitative estimate of drug-likeness (QED) is 0.354. The summed E-state index contributed by atoms with van der Waals surface area (Å²) in [7, 11) is 1.28. The Labute approximate surface area is 163 Å². The second-order valence-corrected chi connectivity index (χ2v) is 7.02. The molecule has 0 spiro atoms. The van der Waals surface area contributed by atoms with Crippen LogP contribution in [0.2, 0.25) is 0 Å². The van der Waals surface area contributed by atoms with Crippen LogP contribution in [0.1, 0.15) is 6.92 Å². The Bertz CT molecular complexity index is 1050. The molecule has 0 aliphatic rings. The van der Waals surface area contributed by atoms with Crippen LogP contribution < -0.4 is 10.3 Å². The number of para-hydroxylation sites is 1. The van der Waals surface area contributed by atoms with Crippen molar-refractivity contribution >= 4 is 28.6 Å². The molecule has 0 bridgehead atoms. The van der Waals surface area contributed by atoms with Gasteiger partial charge in [-0.2, -0.15) is 8.78 Å². The lowest BCUT2D eigenvalue weighted by Crippen LogP contribution is -2.24. The second-order valence-electron chi connectivity index (χ2n) is 5.71. The highest BCUT2D eigenvalue weighted by molar-refractivity contribution is 8.00. The summed E-state index contributed by atoms with van der Waals surface area (Å²) in [6.45, 7) is -1.30. The maximum Gasteiger partial charge on any atom is 0.387 e. The van der Waals surface area contributed by atoms with Crippen LogP contribution in [0.3, 0.4) is 0 Å². The molecule has 2 aromatic carbocycles. The number of thioether (sulfide) groups is 1. The number of fused-ring (bicyclic) bond motifs is 1. The molecule has 146 valence electrons. The lowest BCUT2D eigenvalue weighted by Gasteiger charge is -2.15. The minimum atomic E-state index is -2.94. The van der Waals surface area contributed by atoms with E-state index in [2.05, 4.69) is 9.72 Å². The number of rotatable bonds is 6. The van der Waals surface area contributed by atoms with Gasteiger partial charge in [-0.1, -0.05) is 23.9 Å². The van der Waals surface area contributed by atoms with Crippen LogP contribution in [0.4, 0.5) is 8.78 Å². The van der Waals surface area contributed by atoms with E-state index in [1.54, 1.807) is 31.2 Å². The zero-order chi connectivity index (χ0) is 20.3. The van der Waals surface area contributed by atoms with Crippen molar-refractivity contribution in [3.63, 3.8) is 0 Å². The topological polar surface area (TPSA) is 70.4 Å². The Morgan fingerprint density at radius 1 is 1.14 bits per heavy atom. The number of ether oxygens (including phenoxy) is 2. The monoisotopic (exact) mass is 406 g/mol. The van der Waals surface area contributed by atoms with Gasteiger partial charge in [-0.3, -0.25) is 14.2 Å². The minimum Gasteiger partial charge on any atom is -0.468 e. The van der Waals surface area contributed by atoms with Gasteiger partial charge in [0.05, 0.1) is 23.7 Å². The third-order valence-corrected chi connectivity index (χ3v) is 4.91. The minimum absolute atomic E-state index is 0.0299. The van der Waals surface area contributed by atoms with E-state index in [0.717, 1.165) is 11.8 Å². The van der Waals surface area contributed by atoms with Crippen LogP contribution in [0, 0.1) is 0 Å². The van der Waals surface area contributed by atoms with E-state index in [0.29, 0.717) is 16.6 Å². The molecule has 3 aromatic rings. The van der Waals surface area contributed by atoms with Crippen LogP contribution >= 0.6 is 11.8 Å². The van der Waals surface area contributed by atoms with E-state index in [1.165, 1.54) is 35.9 Å². The van der Waals surface area contributed by atoms with Crippen molar-refractivity contribution in [2.45, 2.75) is 23.9 Å². The molecule has 1 atom stereocenters. The SMILES string of the molecule is COC(=O)C(C)Sc1nc2ccccc2c(=O)n1-c1ccc(OC(F)F)cc1. The number of methoxy groups -OCH3 is 1. The van der Waals surface area contributed by atoms with Gasteiger partial charge in [-0.15, -0.1) is 0 Å². The number of carbonyl (C=O) groups excluding carboxylic acids is 1. The first kappa shape index (κ1) is 19.8. The normalized spacial score (nSPS) is 12.2. The van der Waals surface area contributed by atoms with Crippen LogP contribution in [0.15, 0.2) is 58.5 Å². The number of carbonyl (C=O) groups is 1. The van der Waals surface area contributed by atoms with Gasteiger partial charge in [0, 0.05) is 0 Å². The molecule has 0 saturated carbocycles. The summed E-state index contributed by atoms with van der Waals surface area (Å²) in [4.78, 5) is 29.4. The first-order valence-electron chi connectivity index (χ1n) is 8.22.